The Morgan fingerprint density at radius 2 is 2.10 bits per heavy atom. The van der Waals surface area contributed by atoms with Crippen molar-refractivity contribution in [2.24, 2.45) is 0 Å². The summed E-state index contributed by atoms with van der Waals surface area (Å²) >= 11 is 6.04. The summed E-state index contributed by atoms with van der Waals surface area (Å²) in [4.78, 5) is 17.4. The van der Waals surface area contributed by atoms with Gasteiger partial charge < -0.3 is 5.32 Å². The number of rotatable bonds is 6. The molecule has 0 bridgehead atoms. The summed E-state index contributed by atoms with van der Waals surface area (Å²) in [5.41, 5.74) is 0.716. The van der Waals surface area contributed by atoms with E-state index in [2.05, 4.69) is 19.2 Å². The summed E-state index contributed by atoms with van der Waals surface area (Å²) in [6, 6.07) is 5.49. The molecule has 0 aliphatic heterocycles. The zero-order chi connectivity index (χ0) is 15.4. The summed E-state index contributed by atoms with van der Waals surface area (Å²) < 4.78 is 1.79. The van der Waals surface area contributed by atoms with Crippen LogP contribution >= 0.6 is 11.6 Å². The highest BCUT2D eigenvalue weighted by atomic mass is 35.5. The van der Waals surface area contributed by atoms with Crippen molar-refractivity contribution in [2.45, 2.75) is 46.2 Å². The molecule has 0 amide bonds. The van der Waals surface area contributed by atoms with Crippen LogP contribution in [0.5, 0.6) is 0 Å². The summed E-state index contributed by atoms with van der Waals surface area (Å²) in [7, 11) is 0. The number of quaternary nitrogens is 1. The fraction of sp³-hybridized carbons (Fsp3) is 0.500. The maximum absolute atomic E-state index is 12.7. The lowest BCUT2D eigenvalue weighted by molar-refractivity contribution is -0.697. The Balaban J connectivity index is 2.63. The Morgan fingerprint density at radius 1 is 1.33 bits per heavy atom. The predicted molar refractivity (Wildman–Crippen MR) is 86.8 cm³/mol. The minimum atomic E-state index is 0.0255. The second-order valence-corrected chi connectivity index (χ2v) is 5.66. The van der Waals surface area contributed by atoms with Crippen LogP contribution in [0.3, 0.4) is 0 Å². The molecule has 4 nitrogen and oxygen atoms in total. The predicted octanol–water partition coefficient (Wildman–Crippen LogP) is 2.49. The van der Waals surface area contributed by atoms with Crippen molar-refractivity contribution in [3.63, 3.8) is 0 Å². The molecule has 0 saturated heterocycles. The van der Waals surface area contributed by atoms with Crippen LogP contribution in [0.15, 0.2) is 23.0 Å². The molecule has 1 aromatic heterocycles. The molecule has 5 heteroatoms. The summed E-state index contributed by atoms with van der Waals surface area (Å²) in [6.07, 6.45) is 2.05. The van der Waals surface area contributed by atoms with Crippen LogP contribution in [0.25, 0.3) is 10.9 Å². The summed E-state index contributed by atoms with van der Waals surface area (Å²) in [6.45, 7) is 7.94. The maximum Gasteiger partial charge on any atom is 0.261 e. The molecule has 2 aromatic rings. The minimum absolute atomic E-state index is 0.0255. The van der Waals surface area contributed by atoms with E-state index in [-0.39, 0.29) is 11.6 Å². The number of fused-ring (bicyclic) bond motifs is 1. The number of nitrogens with zero attached hydrogens (tertiary/aromatic N) is 2. The van der Waals surface area contributed by atoms with Crippen LogP contribution < -0.4 is 10.9 Å². The number of benzene rings is 1. The van der Waals surface area contributed by atoms with Gasteiger partial charge in [-0.3, -0.25) is 9.36 Å². The van der Waals surface area contributed by atoms with E-state index >= 15 is 0 Å². The van der Waals surface area contributed by atoms with Crippen LogP contribution in [0.4, 0.5) is 0 Å². The summed E-state index contributed by atoms with van der Waals surface area (Å²) in [5, 5.41) is 3.51. The maximum atomic E-state index is 12.7. The smallest absolute Gasteiger partial charge is 0.261 e. The van der Waals surface area contributed by atoms with Crippen LogP contribution in [-0.2, 0) is 6.54 Å². The molecule has 0 saturated carbocycles. The summed E-state index contributed by atoms with van der Waals surface area (Å²) in [5.74, 6) is 0.855. The van der Waals surface area contributed by atoms with Gasteiger partial charge in [-0.25, -0.2) is 4.98 Å². The first-order valence-electron chi connectivity index (χ1n) is 7.65. The molecule has 0 unspecified atom stereocenters. The number of halogens is 1. The molecule has 2 N–H and O–H groups in total. The third kappa shape index (κ3) is 3.27. The highest BCUT2D eigenvalue weighted by Gasteiger charge is 2.20. The van der Waals surface area contributed by atoms with Gasteiger partial charge in [-0.2, -0.15) is 0 Å². The van der Waals surface area contributed by atoms with Crippen molar-refractivity contribution in [3.8, 4) is 0 Å². The number of aromatic nitrogens is 2. The Hall–Kier alpha value is -1.39. The van der Waals surface area contributed by atoms with Gasteiger partial charge in [0.25, 0.3) is 5.56 Å². The fourth-order valence-electron chi connectivity index (χ4n) is 2.62. The topological polar surface area (TPSA) is 51.5 Å². The van der Waals surface area contributed by atoms with Crippen LogP contribution in [-0.4, -0.2) is 16.1 Å². The third-order valence-corrected chi connectivity index (χ3v) is 4.01. The highest BCUT2D eigenvalue weighted by molar-refractivity contribution is 6.31. The largest absolute Gasteiger partial charge is 0.338 e. The SMILES string of the molecule is CCC[NH2+][C@H](CC)c1nc2cc(Cl)ccc2c(=O)n1CC. The average molecular weight is 309 g/mol. The standard InChI is InChI=1S/C16H22ClN3O/c1-4-9-18-13(5-2)15-19-14-10-11(17)7-8-12(14)16(21)20(15)6-3/h7-8,10,13,18H,4-6,9H2,1-3H3/p+1/t13-/m1/s1. The first-order chi connectivity index (χ1) is 10.1. The lowest BCUT2D eigenvalue weighted by Crippen LogP contribution is -2.85. The lowest BCUT2D eigenvalue weighted by atomic mass is 10.1. The average Bonchev–Trinajstić information content (AvgIpc) is 2.48. The fourth-order valence-corrected chi connectivity index (χ4v) is 2.79. The monoisotopic (exact) mass is 308 g/mol. The Labute approximate surface area is 130 Å². The zero-order valence-electron chi connectivity index (χ0n) is 12.9. The van der Waals surface area contributed by atoms with E-state index in [1.165, 1.54) is 0 Å². The first kappa shape index (κ1) is 16.0. The molecule has 0 radical (unpaired) electrons. The van der Waals surface area contributed by atoms with Crippen LogP contribution in [0, 0.1) is 0 Å². The van der Waals surface area contributed by atoms with E-state index < -0.39 is 0 Å². The van der Waals surface area contributed by atoms with Crippen LogP contribution in [0.2, 0.25) is 5.02 Å². The Morgan fingerprint density at radius 3 is 2.71 bits per heavy atom. The molecule has 1 aromatic carbocycles. The molecule has 0 aliphatic carbocycles. The quantitative estimate of drug-likeness (QED) is 0.891. The molecular formula is C16H23ClN3O+. The van der Waals surface area contributed by atoms with Gasteiger partial charge in [0.05, 0.1) is 17.4 Å². The van der Waals surface area contributed by atoms with Gasteiger partial charge in [-0.15, -0.1) is 0 Å². The molecular weight excluding hydrogens is 286 g/mol. The van der Waals surface area contributed by atoms with Crippen molar-refractivity contribution in [3.05, 3.63) is 39.4 Å². The van der Waals surface area contributed by atoms with E-state index in [4.69, 9.17) is 16.6 Å². The highest BCUT2D eigenvalue weighted by Crippen LogP contribution is 2.18. The van der Waals surface area contributed by atoms with Crippen molar-refractivity contribution in [1.82, 2.24) is 9.55 Å². The number of hydrogen-bond acceptors (Lipinski definition) is 2. The van der Waals surface area contributed by atoms with E-state index in [9.17, 15) is 4.79 Å². The minimum Gasteiger partial charge on any atom is -0.338 e. The number of nitrogens with two attached hydrogens (primary N) is 1. The van der Waals surface area contributed by atoms with Gasteiger partial charge in [0.2, 0.25) is 0 Å². The van der Waals surface area contributed by atoms with Gasteiger partial charge in [0, 0.05) is 18.0 Å². The van der Waals surface area contributed by atoms with Gasteiger partial charge in [0.1, 0.15) is 6.04 Å². The molecule has 1 atom stereocenters. The zero-order valence-corrected chi connectivity index (χ0v) is 13.7. The van der Waals surface area contributed by atoms with Crippen molar-refractivity contribution >= 4 is 22.5 Å². The molecule has 114 valence electrons. The molecule has 0 spiro atoms. The van der Waals surface area contributed by atoms with Crippen LogP contribution in [0.1, 0.15) is 45.5 Å². The first-order valence-corrected chi connectivity index (χ1v) is 8.03. The second-order valence-electron chi connectivity index (χ2n) is 5.22. The molecule has 0 fully saturated rings. The normalized spacial score (nSPS) is 12.8. The van der Waals surface area contributed by atoms with E-state index in [0.717, 1.165) is 25.2 Å². The Bertz CT molecular complexity index is 681. The van der Waals surface area contributed by atoms with E-state index in [1.807, 2.05) is 6.92 Å². The van der Waals surface area contributed by atoms with Gasteiger partial charge in [-0.1, -0.05) is 25.4 Å². The van der Waals surface area contributed by atoms with Gasteiger partial charge in [0.15, 0.2) is 5.82 Å². The van der Waals surface area contributed by atoms with Gasteiger partial charge >= 0.3 is 0 Å². The Kier molecular flexibility index (Phi) is 5.37. The van der Waals surface area contributed by atoms with Crippen molar-refractivity contribution in [1.29, 1.82) is 0 Å². The van der Waals surface area contributed by atoms with E-state index in [1.54, 1.807) is 22.8 Å². The molecule has 0 aliphatic rings. The molecule has 2 rings (SSSR count). The lowest BCUT2D eigenvalue weighted by Gasteiger charge is -2.18. The van der Waals surface area contributed by atoms with Crippen molar-refractivity contribution < 1.29 is 5.32 Å². The number of hydrogen-bond donors (Lipinski definition) is 1. The molecule has 1 heterocycles. The molecule has 21 heavy (non-hydrogen) atoms. The second kappa shape index (κ2) is 7.05. The van der Waals surface area contributed by atoms with Gasteiger partial charge in [-0.05, 0) is 31.5 Å². The van der Waals surface area contributed by atoms with E-state index in [0.29, 0.717) is 22.5 Å². The van der Waals surface area contributed by atoms with Crippen molar-refractivity contribution in [2.75, 3.05) is 6.54 Å². The third-order valence-electron chi connectivity index (χ3n) is 3.77.